The monoisotopic (exact) mass is 443 g/mol. The molecule has 2 rings (SSSR count). The SMILES string of the molecule is C=CCOC(=O)NC(CC(=O)OC(C)(C)C)C(O)COC(=O)c1cccc2ccccc12. The van der Waals surface area contributed by atoms with Crippen molar-refractivity contribution in [1.82, 2.24) is 5.32 Å². The molecule has 2 atom stereocenters. The van der Waals surface area contributed by atoms with E-state index in [2.05, 4.69) is 11.9 Å². The molecule has 0 saturated heterocycles. The van der Waals surface area contributed by atoms with E-state index in [1.807, 2.05) is 24.3 Å². The Labute approximate surface area is 187 Å². The van der Waals surface area contributed by atoms with Gasteiger partial charge in [-0.3, -0.25) is 4.79 Å². The molecule has 0 aromatic heterocycles. The minimum Gasteiger partial charge on any atom is -0.460 e. The topological polar surface area (TPSA) is 111 Å². The largest absolute Gasteiger partial charge is 0.460 e. The number of aliphatic hydroxyl groups excluding tert-OH is 1. The molecule has 0 radical (unpaired) electrons. The fraction of sp³-hybridized carbons (Fsp3) is 0.375. The van der Waals surface area contributed by atoms with Crippen LogP contribution in [0.3, 0.4) is 0 Å². The number of alkyl carbamates (subject to hydrolysis) is 1. The highest BCUT2D eigenvalue weighted by Crippen LogP contribution is 2.19. The second-order valence-corrected chi connectivity index (χ2v) is 8.12. The minimum absolute atomic E-state index is 0.0445. The summed E-state index contributed by atoms with van der Waals surface area (Å²) in [7, 11) is 0. The van der Waals surface area contributed by atoms with Crippen LogP contribution in [0.15, 0.2) is 55.1 Å². The molecule has 0 aliphatic carbocycles. The summed E-state index contributed by atoms with van der Waals surface area (Å²) in [6, 6.07) is 11.5. The molecule has 0 bridgehead atoms. The van der Waals surface area contributed by atoms with E-state index in [-0.39, 0.29) is 13.0 Å². The molecule has 2 aromatic carbocycles. The molecule has 0 heterocycles. The fourth-order valence-corrected chi connectivity index (χ4v) is 2.93. The van der Waals surface area contributed by atoms with Crippen LogP contribution >= 0.6 is 0 Å². The van der Waals surface area contributed by atoms with Crippen molar-refractivity contribution in [1.29, 1.82) is 0 Å². The standard InChI is InChI=1S/C24H29NO7/c1-5-13-30-23(29)25-19(14-21(27)32-24(2,3)4)20(26)15-31-22(28)18-12-8-10-16-9-6-7-11-17(16)18/h5-12,19-20,26H,1,13-15H2,2-4H3,(H,25,29). The van der Waals surface area contributed by atoms with Crippen molar-refractivity contribution in [3.63, 3.8) is 0 Å². The lowest BCUT2D eigenvalue weighted by atomic mass is 10.0. The second-order valence-electron chi connectivity index (χ2n) is 8.12. The molecular formula is C24H29NO7. The van der Waals surface area contributed by atoms with Crippen LogP contribution in [-0.2, 0) is 19.0 Å². The molecular weight excluding hydrogens is 414 g/mol. The number of nitrogens with one attached hydrogen (secondary N) is 1. The van der Waals surface area contributed by atoms with Gasteiger partial charge in [-0.15, -0.1) is 0 Å². The Kier molecular flexibility index (Phi) is 8.78. The van der Waals surface area contributed by atoms with E-state index in [4.69, 9.17) is 14.2 Å². The van der Waals surface area contributed by atoms with Crippen molar-refractivity contribution in [3.8, 4) is 0 Å². The highest BCUT2D eigenvalue weighted by atomic mass is 16.6. The van der Waals surface area contributed by atoms with Crippen molar-refractivity contribution in [2.24, 2.45) is 0 Å². The Hall–Kier alpha value is -3.39. The molecule has 0 aliphatic heterocycles. The van der Waals surface area contributed by atoms with Gasteiger partial charge in [-0.1, -0.05) is 49.1 Å². The van der Waals surface area contributed by atoms with Crippen molar-refractivity contribution < 1.29 is 33.7 Å². The third kappa shape index (κ3) is 7.70. The molecule has 8 nitrogen and oxygen atoms in total. The zero-order valence-electron chi connectivity index (χ0n) is 18.5. The van der Waals surface area contributed by atoms with Crippen molar-refractivity contribution in [3.05, 3.63) is 60.7 Å². The van der Waals surface area contributed by atoms with Gasteiger partial charge in [0.05, 0.1) is 18.0 Å². The zero-order chi connectivity index (χ0) is 23.7. The van der Waals surface area contributed by atoms with Crippen molar-refractivity contribution in [2.75, 3.05) is 13.2 Å². The minimum atomic E-state index is -1.38. The summed E-state index contributed by atoms with van der Waals surface area (Å²) in [4.78, 5) is 36.8. The first-order chi connectivity index (χ1) is 15.1. The molecule has 8 heteroatoms. The van der Waals surface area contributed by atoms with E-state index in [1.54, 1.807) is 39.0 Å². The van der Waals surface area contributed by atoms with Gasteiger partial charge in [-0.2, -0.15) is 0 Å². The molecule has 1 amide bonds. The number of hydrogen-bond acceptors (Lipinski definition) is 7. The van der Waals surface area contributed by atoms with Gasteiger partial charge < -0.3 is 24.6 Å². The lowest BCUT2D eigenvalue weighted by molar-refractivity contribution is -0.156. The quantitative estimate of drug-likeness (QED) is 0.347. The van der Waals surface area contributed by atoms with Crippen molar-refractivity contribution >= 4 is 28.8 Å². The Balaban J connectivity index is 2.07. The Morgan fingerprint density at radius 3 is 2.47 bits per heavy atom. The van der Waals surface area contributed by atoms with Crippen LogP contribution in [0.2, 0.25) is 0 Å². The molecule has 32 heavy (non-hydrogen) atoms. The molecule has 2 N–H and O–H groups in total. The average molecular weight is 443 g/mol. The van der Waals surface area contributed by atoms with Gasteiger partial charge in [0.15, 0.2) is 0 Å². The Bertz CT molecular complexity index is 959. The maximum absolute atomic E-state index is 12.6. The summed E-state index contributed by atoms with van der Waals surface area (Å²) in [5, 5.41) is 14.6. The molecule has 2 aromatic rings. The van der Waals surface area contributed by atoms with E-state index in [9.17, 15) is 19.5 Å². The Morgan fingerprint density at radius 1 is 1.09 bits per heavy atom. The van der Waals surface area contributed by atoms with Gasteiger partial charge in [0.2, 0.25) is 0 Å². The number of aliphatic hydroxyl groups is 1. The average Bonchev–Trinajstić information content (AvgIpc) is 2.73. The summed E-state index contributed by atoms with van der Waals surface area (Å²) >= 11 is 0. The lowest BCUT2D eigenvalue weighted by Gasteiger charge is -2.25. The third-order valence-electron chi connectivity index (χ3n) is 4.30. The van der Waals surface area contributed by atoms with Gasteiger partial charge in [0.1, 0.15) is 24.9 Å². The highest BCUT2D eigenvalue weighted by Gasteiger charge is 2.29. The highest BCUT2D eigenvalue weighted by molar-refractivity contribution is 6.04. The van der Waals surface area contributed by atoms with Gasteiger partial charge in [0.25, 0.3) is 0 Å². The van der Waals surface area contributed by atoms with E-state index >= 15 is 0 Å². The van der Waals surface area contributed by atoms with E-state index < -0.39 is 42.4 Å². The van der Waals surface area contributed by atoms with E-state index in [0.717, 1.165) is 5.39 Å². The predicted molar refractivity (Wildman–Crippen MR) is 119 cm³/mol. The summed E-state index contributed by atoms with van der Waals surface area (Å²) in [6.45, 7) is 8.06. The zero-order valence-corrected chi connectivity index (χ0v) is 18.5. The number of benzene rings is 2. The van der Waals surface area contributed by atoms with E-state index in [0.29, 0.717) is 10.9 Å². The summed E-state index contributed by atoms with van der Waals surface area (Å²) < 4.78 is 15.4. The smallest absolute Gasteiger partial charge is 0.407 e. The van der Waals surface area contributed by atoms with Gasteiger partial charge in [-0.25, -0.2) is 9.59 Å². The third-order valence-corrected chi connectivity index (χ3v) is 4.30. The van der Waals surface area contributed by atoms with Crippen molar-refractivity contribution in [2.45, 2.75) is 44.9 Å². The lowest BCUT2D eigenvalue weighted by Crippen LogP contribution is -2.47. The van der Waals surface area contributed by atoms with Crippen LogP contribution in [0.5, 0.6) is 0 Å². The molecule has 0 aliphatic rings. The number of amides is 1. The molecule has 172 valence electrons. The van der Waals surface area contributed by atoms with Crippen LogP contribution in [0, 0.1) is 0 Å². The van der Waals surface area contributed by atoms with Gasteiger partial charge in [-0.05, 0) is 37.6 Å². The van der Waals surface area contributed by atoms with Crippen LogP contribution in [0.25, 0.3) is 10.8 Å². The number of ether oxygens (including phenoxy) is 3. The maximum Gasteiger partial charge on any atom is 0.407 e. The Morgan fingerprint density at radius 2 is 1.78 bits per heavy atom. The van der Waals surface area contributed by atoms with E-state index in [1.165, 1.54) is 6.08 Å². The van der Waals surface area contributed by atoms with Crippen LogP contribution in [0.4, 0.5) is 4.79 Å². The van der Waals surface area contributed by atoms with Gasteiger partial charge >= 0.3 is 18.0 Å². The van der Waals surface area contributed by atoms with Crippen LogP contribution in [-0.4, -0.2) is 54.1 Å². The summed E-state index contributed by atoms with van der Waals surface area (Å²) in [5.74, 6) is -1.27. The molecule has 0 saturated carbocycles. The number of fused-ring (bicyclic) bond motifs is 1. The number of carbonyl (C=O) groups excluding carboxylic acids is 3. The number of hydrogen-bond donors (Lipinski definition) is 2. The first kappa shape index (κ1) is 24.9. The first-order valence-electron chi connectivity index (χ1n) is 10.2. The van der Waals surface area contributed by atoms with Crippen LogP contribution in [0.1, 0.15) is 37.6 Å². The normalized spacial score (nSPS) is 13.0. The van der Waals surface area contributed by atoms with Gasteiger partial charge in [0, 0.05) is 0 Å². The maximum atomic E-state index is 12.6. The second kappa shape index (κ2) is 11.3. The molecule has 0 spiro atoms. The number of carbonyl (C=O) groups is 3. The predicted octanol–water partition coefficient (Wildman–Crippen LogP) is 3.37. The fourth-order valence-electron chi connectivity index (χ4n) is 2.93. The molecule has 2 unspecified atom stereocenters. The first-order valence-corrected chi connectivity index (χ1v) is 10.2. The molecule has 0 fully saturated rings. The number of rotatable bonds is 9. The summed E-state index contributed by atoms with van der Waals surface area (Å²) in [5.41, 5.74) is -0.395. The number of esters is 2. The summed E-state index contributed by atoms with van der Waals surface area (Å²) in [6.07, 6.45) is -1.19. The van der Waals surface area contributed by atoms with Crippen LogP contribution < -0.4 is 5.32 Å².